The lowest BCUT2D eigenvalue weighted by molar-refractivity contribution is -0.120. The molecule has 2 aromatic heterocycles. The molecule has 9 nitrogen and oxygen atoms in total. The Morgan fingerprint density at radius 2 is 1.18 bits per heavy atom. The average Bonchev–Trinajstić information content (AvgIpc) is 2.75. The Morgan fingerprint density at radius 3 is 1.70 bits per heavy atom. The maximum Gasteiger partial charge on any atom is 0.262 e. The summed E-state index contributed by atoms with van der Waals surface area (Å²) in [5.41, 5.74) is 0.826. The summed E-state index contributed by atoms with van der Waals surface area (Å²) >= 11 is 0. The molecular weight excluding hydrogens is 514 g/mol. The highest BCUT2D eigenvalue weighted by Crippen LogP contribution is 2.05. The first-order valence-electron chi connectivity index (χ1n) is 8.99. The van der Waals surface area contributed by atoms with Gasteiger partial charge >= 0.3 is 0 Å². The van der Waals surface area contributed by atoms with Crippen molar-refractivity contribution in [3.8, 4) is 0 Å². The minimum absolute atomic E-state index is 0. The number of carbonyl (C=O) groups excluding carboxylic acids is 1. The van der Waals surface area contributed by atoms with Gasteiger partial charge in [-0.3, -0.25) is 28.8 Å². The van der Waals surface area contributed by atoms with Gasteiger partial charge in [0, 0.05) is 0 Å². The van der Waals surface area contributed by atoms with Crippen LogP contribution in [0.4, 0.5) is 0 Å². The van der Waals surface area contributed by atoms with E-state index in [4.69, 9.17) is 0 Å². The van der Waals surface area contributed by atoms with Crippen molar-refractivity contribution in [1.82, 2.24) is 29.7 Å². The molecule has 4 rings (SSSR count). The molecule has 0 aliphatic rings. The molecule has 178 valence electrons. The van der Waals surface area contributed by atoms with Crippen LogP contribution in [-0.2, 0) is 18.1 Å². The Kier molecular flexibility index (Phi) is 12.6. The number of nitrogens with zero attached hydrogens (tertiary/aromatic N) is 4. The SMILES string of the molecule is Cl.Cl.Cl.Cl.O=C(CNCn1cnc2ccccc2c1=O)NCn1cnc2ccccc2c1=O. The van der Waals surface area contributed by atoms with Crippen LogP contribution in [0.3, 0.4) is 0 Å². The monoisotopic (exact) mass is 534 g/mol. The van der Waals surface area contributed by atoms with Crippen LogP contribution in [0, 0.1) is 0 Å². The third kappa shape index (κ3) is 6.89. The molecule has 13 heteroatoms. The lowest BCUT2D eigenvalue weighted by Crippen LogP contribution is -2.39. The van der Waals surface area contributed by atoms with E-state index in [1.807, 2.05) is 12.1 Å². The minimum Gasteiger partial charge on any atom is -0.337 e. The molecule has 4 aromatic rings. The number of nitrogens with one attached hydrogen (secondary N) is 2. The van der Waals surface area contributed by atoms with Gasteiger partial charge < -0.3 is 5.32 Å². The van der Waals surface area contributed by atoms with Crippen molar-refractivity contribution in [1.29, 1.82) is 0 Å². The Bertz CT molecular complexity index is 1330. The smallest absolute Gasteiger partial charge is 0.262 e. The van der Waals surface area contributed by atoms with Crippen LogP contribution < -0.4 is 21.8 Å². The summed E-state index contributed by atoms with van der Waals surface area (Å²) in [6, 6.07) is 14.1. The Balaban J connectivity index is 0.00000256. The van der Waals surface area contributed by atoms with Crippen LogP contribution in [0.15, 0.2) is 70.8 Å². The van der Waals surface area contributed by atoms with E-state index < -0.39 is 0 Å². The lowest BCUT2D eigenvalue weighted by Gasteiger charge is -2.10. The molecule has 0 aliphatic carbocycles. The molecule has 2 heterocycles. The fourth-order valence-electron chi connectivity index (χ4n) is 2.96. The van der Waals surface area contributed by atoms with Gasteiger partial charge in [-0.25, -0.2) is 9.97 Å². The van der Waals surface area contributed by atoms with Gasteiger partial charge in [0.25, 0.3) is 11.1 Å². The van der Waals surface area contributed by atoms with Crippen LogP contribution >= 0.6 is 49.6 Å². The molecular formula is C20H22Cl4N6O3. The summed E-state index contributed by atoms with van der Waals surface area (Å²) in [5.74, 6) is -0.313. The molecule has 0 saturated carbocycles. The number of hydrogen-bond donors (Lipinski definition) is 2. The van der Waals surface area contributed by atoms with E-state index in [1.54, 1.807) is 36.4 Å². The minimum atomic E-state index is -0.313. The van der Waals surface area contributed by atoms with Crippen molar-refractivity contribution < 1.29 is 4.79 Å². The summed E-state index contributed by atoms with van der Waals surface area (Å²) < 4.78 is 2.73. The van der Waals surface area contributed by atoms with Crippen molar-refractivity contribution in [3.05, 3.63) is 81.9 Å². The van der Waals surface area contributed by atoms with E-state index in [0.29, 0.717) is 21.8 Å². The molecule has 0 atom stereocenters. The third-order valence-electron chi connectivity index (χ3n) is 4.48. The fourth-order valence-corrected chi connectivity index (χ4v) is 2.96. The summed E-state index contributed by atoms with van der Waals surface area (Å²) in [4.78, 5) is 45.3. The zero-order valence-electron chi connectivity index (χ0n) is 17.0. The van der Waals surface area contributed by atoms with Crippen molar-refractivity contribution in [2.75, 3.05) is 6.54 Å². The Hall–Kier alpha value is -2.69. The molecule has 0 fully saturated rings. The van der Waals surface area contributed by atoms with E-state index in [-0.39, 0.29) is 86.5 Å². The zero-order chi connectivity index (χ0) is 20.2. The molecule has 0 bridgehead atoms. The molecule has 0 spiro atoms. The molecule has 0 saturated heterocycles. The lowest BCUT2D eigenvalue weighted by atomic mass is 10.2. The topological polar surface area (TPSA) is 111 Å². The highest BCUT2D eigenvalue weighted by atomic mass is 35.5. The van der Waals surface area contributed by atoms with Crippen LogP contribution in [0.25, 0.3) is 21.8 Å². The number of rotatable bonds is 6. The number of fused-ring (bicyclic) bond motifs is 2. The molecule has 2 aromatic carbocycles. The number of benzene rings is 2. The van der Waals surface area contributed by atoms with Gasteiger partial charge in [-0.05, 0) is 24.3 Å². The number of hydrogen-bond acceptors (Lipinski definition) is 6. The van der Waals surface area contributed by atoms with E-state index in [1.165, 1.54) is 21.8 Å². The van der Waals surface area contributed by atoms with Crippen LogP contribution in [-0.4, -0.2) is 31.6 Å². The van der Waals surface area contributed by atoms with Gasteiger partial charge in [-0.1, -0.05) is 24.3 Å². The fraction of sp³-hybridized carbons (Fsp3) is 0.150. The maximum atomic E-state index is 12.4. The number of aromatic nitrogens is 4. The van der Waals surface area contributed by atoms with Crippen LogP contribution in [0.2, 0.25) is 0 Å². The highest BCUT2D eigenvalue weighted by Gasteiger charge is 2.06. The molecule has 1 amide bonds. The Labute approximate surface area is 213 Å². The standard InChI is InChI=1S/C20H18N6O3.4ClH/c27-18(24-13-26-12-23-17-8-4-2-6-15(17)20(26)29)9-21-10-25-11-22-16-7-3-1-5-14(16)19(25)28;;;;/h1-8,11-12,21H,9-10,13H2,(H,24,27);4*1H. The van der Waals surface area contributed by atoms with Crippen molar-refractivity contribution in [2.24, 2.45) is 0 Å². The number of carbonyl (C=O) groups is 1. The van der Waals surface area contributed by atoms with Gasteiger partial charge in [0.05, 0.1) is 54.3 Å². The predicted molar refractivity (Wildman–Crippen MR) is 137 cm³/mol. The molecule has 0 radical (unpaired) electrons. The van der Waals surface area contributed by atoms with Gasteiger partial charge in [0.2, 0.25) is 5.91 Å². The molecule has 33 heavy (non-hydrogen) atoms. The van der Waals surface area contributed by atoms with Crippen molar-refractivity contribution in [2.45, 2.75) is 13.3 Å². The highest BCUT2D eigenvalue weighted by molar-refractivity contribution is 5.86. The molecule has 0 aliphatic heterocycles. The predicted octanol–water partition coefficient (Wildman–Crippen LogP) is 2.11. The van der Waals surface area contributed by atoms with Gasteiger partial charge in [-0.2, -0.15) is 0 Å². The normalized spacial score (nSPS) is 9.70. The van der Waals surface area contributed by atoms with Gasteiger partial charge in [0.1, 0.15) is 0 Å². The van der Waals surface area contributed by atoms with Crippen molar-refractivity contribution >= 4 is 77.3 Å². The molecule has 2 N–H and O–H groups in total. The summed E-state index contributed by atoms with van der Waals surface area (Å²) in [7, 11) is 0. The van der Waals surface area contributed by atoms with E-state index >= 15 is 0 Å². The van der Waals surface area contributed by atoms with E-state index in [2.05, 4.69) is 20.6 Å². The second-order valence-corrected chi connectivity index (χ2v) is 6.42. The van der Waals surface area contributed by atoms with Gasteiger partial charge in [0.15, 0.2) is 0 Å². The largest absolute Gasteiger partial charge is 0.337 e. The summed E-state index contributed by atoms with van der Waals surface area (Å²) in [6.45, 7) is 0.130. The molecule has 0 unspecified atom stereocenters. The first-order valence-corrected chi connectivity index (χ1v) is 8.99. The Morgan fingerprint density at radius 1 is 0.727 bits per heavy atom. The van der Waals surface area contributed by atoms with E-state index in [9.17, 15) is 14.4 Å². The van der Waals surface area contributed by atoms with Gasteiger partial charge in [-0.15, -0.1) is 49.6 Å². The second-order valence-electron chi connectivity index (χ2n) is 6.42. The zero-order valence-corrected chi connectivity index (χ0v) is 20.3. The average molecular weight is 536 g/mol. The first kappa shape index (κ1) is 30.3. The van der Waals surface area contributed by atoms with Crippen LogP contribution in [0.5, 0.6) is 0 Å². The maximum absolute atomic E-state index is 12.4. The summed E-state index contributed by atoms with van der Waals surface area (Å²) in [5, 5.41) is 6.56. The quantitative estimate of drug-likeness (QED) is 0.391. The number of para-hydroxylation sites is 2. The van der Waals surface area contributed by atoms with Crippen LogP contribution in [0.1, 0.15) is 0 Å². The third-order valence-corrected chi connectivity index (χ3v) is 4.48. The summed E-state index contributed by atoms with van der Waals surface area (Å²) in [6.07, 6.45) is 2.84. The van der Waals surface area contributed by atoms with E-state index in [0.717, 1.165) is 0 Å². The first-order chi connectivity index (χ1) is 14.1. The number of halogens is 4. The second kappa shape index (κ2) is 13.8. The number of amides is 1. The van der Waals surface area contributed by atoms with Crippen molar-refractivity contribution in [3.63, 3.8) is 0 Å².